The molecule has 2 rings (SSSR count). The molecular formula is C15H20FO. The van der Waals surface area contributed by atoms with Crippen molar-refractivity contribution in [3.05, 3.63) is 30.1 Å². The summed E-state index contributed by atoms with van der Waals surface area (Å²) in [6.07, 6.45) is 9.13. The lowest BCUT2D eigenvalue weighted by Crippen LogP contribution is -1.99. The van der Waals surface area contributed by atoms with E-state index in [1.807, 2.05) is 0 Å². The minimum atomic E-state index is -0.388. The first kappa shape index (κ1) is 12.4. The highest BCUT2D eigenvalue weighted by molar-refractivity contribution is 5.22. The van der Waals surface area contributed by atoms with E-state index in [0.29, 0.717) is 12.4 Å². The van der Waals surface area contributed by atoms with E-state index in [1.54, 1.807) is 18.2 Å². The molecule has 0 atom stereocenters. The molecule has 1 aliphatic rings. The number of hydrogen-bond donors (Lipinski definition) is 0. The fraction of sp³-hybridized carbons (Fsp3) is 0.600. The molecule has 0 N–H and O–H groups in total. The van der Waals surface area contributed by atoms with E-state index in [2.05, 4.69) is 6.07 Å². The van der Waals surface area contributed by atoms with E-state index in [-0.39, 0.29) is 5.82 Å². The Balaban J connectivity index is 1.49. The quantitative estimate of drug-likeness (QED) is 0.608. The van der Waals surface area contributed by atoms with Gasteiger partial charge in [-0.2, -0.15) is 0 Å². The van der Waals surface area contributed by atoms with Crippen LogP contribution >= 0.6 is 0 Å². The van der Waals surface area contributed by atoms with Gasteiger partial charge in [0.2, 0.25) is 0 Å². The van der Waals surface area contributed by atoms with Crippen LogP contribution < -0.4 is 4.74 Å². The zero-order valence-electron chi connectivity index (χ0n) is 10.3. The molecule has 93 valence electrons. The largest absolute Gasteiger partial charge is 0.490 e. The van der Waals surface area contributed by atoms with Crippen LogP contribution in [0.3, 0.4) is 0 Å². The first-order valence-electron chi connectivity index (χ1n) is 6.65. The van der Waals surface area contributed by atoms with Crippen LogP contribution in [-0.2, 0) is 0 Å². The Bertz CT molecular complexity index is 333. The fourth-order valence-electron chi connectivity index (χ4n) is 1.99. The standard InChI is InChI=1S/C15H20FO/c16-14-8-4-5-9-15(14)17-12-6-2-1-3-7-13-10-11-13/h4-5,9,13H,1-3,6-7,10-12H2. The molecule has 1 aromatic carbocycles. The zero-order chi connectivity index (χ0) is 11.9. The summed E-state index contributed by atoms with van der Waals surface area (Å²) in [5.41, 5.74) is 0. The van der Waals surface area contributed by atoms with Crippen LogP contribution in [0.4, 0.5) is 4.39 Å². The number of halogens is 1. The number of hydrogen-bond acceptors (Lipinski definition) is 1. The molecule has 17 heavy (non-hydrogen) atoms. The van der Waals surface area contributed by atoms with Crippen molar-refractivity contribution in [1.82, 2.24) is 0 Å². The van der Waals surface area contributed by atoms with Crippen molar-refractivity contribution in [1.29, 1.82) is 0 Å². The Morgan fingerprint density at radius 3 is 2.82 bits per heavy atom. The number of unbranched alkanes of at least 4 members (excludes halogenated alkanes) is 3. The maximum Gasteiger partial charge on any atom is 0.172 e. The van der Waals surface area contributed by atoms with Gasteiger partial charge in [0.1, 0.15) is 0 Å². The molecule has 1 aliphatic carbocycles. The van der Waals surface area contributed by atoms with Gasteiger partial charge in [-0.1, -0.05) is 50.7 Å². The Labute approximate surface area is 103 Å². The predicted octanol–water partition coefficient (Wildman–Crippen LogP) is 4.37. The van der Waals surface area contributed by atoms with Crippen molar-refractivity contribution in [2.75, 3.05) is 6.61 Å². The van der Waals surface area contributed by atoms with Crippen LogP contribution in [0.2, 0.25) is 0 Å². The van der Waals surface area contributed by atoms with Crippen molar-refractivity contribution < 1.29 is 9.13 Å². The molecule has 0 saturated heterocycles. The molecule has 2 heteroatoms. The maximum atomic E-state index is 13.1. The van der Waals surface area contributed by atoms with Gasteiger partial charge >= 0.3 is 0 Å². The van der Waals surface area contributed by atoms with Crippen LogP contribution in [0, 0.1) is 17.8 Å². The Morgan fingerprint density at radius 2 is 2.06 bits per heavy atom. The smallest absolute Gasteiger partial charge is 0.172 e. The summed E-state index contributed by atoms with van der Waals surface area (Å²) < 4.78 is 18.5. The second kappa shape index (κ2) is 6.63. The molecule has 0 amide bonds. The average Bonchev–Trinajstić information content (AvgIpc) is 3.14. The van der Waals surface area contributed by atoms with Gasteiger partial charge in [0.05, 0.1) is 6.61 Å². The highest BCUT2D eigenvalue weighted by atomic mass is 19.1. The molecule has 0 aliphatic heterocycles. The normalized spacial score (nSPS) is 14.9. The van der Waals surface area contributed by atoms with Gasteiger partial charge in [-0.15, -0.1) is 0 Å². The first-order chi connectivity index (χ1) is 8.36. The van der Waals surface area contributed by atoms with Crippen molar-refractivity contribution in [3.63, 3.8) is 0 Å². The van der Waals surface area contributed by atoms with Crippen molar-refractivity contribution in [2.24, 2.45) is 5.92 Å². The monoisotopic (exact) mass is 235 g/mol. The van der Waals surface area contributed by atoms with Crippen molar-refractivity contribution in [2.45, 2.75) is 44.9 Å². The number of rotatable bonds is 8. The van der Waals surface area contributed by atoms with Crippen molar-refractivity contribution in [3.8, 4) is 5.75 Å². The summed E-state index contributed by atoms with van der Waals surface area (Å²) in [6, 6.07) is 7.44. The van der Waals surface area contributed by atoms with Crippen LogP contribution in [-0.4, -0.2) is 6.61 Å². The fourth-order valence-corrected chi connectivity index (χ4v) is 1.99. The predicted molar refractivity (Wildman–Crippen MR) is 66.5 cm³/mol. The van der Waals surface area contributed by atoms with Crippen LogP contribution in [0.25, 0.3) is 0 Å². The zero-order valence-corrected chi connectivity index (χ0v) is 10.3. The maximum absolute atomic E-state index is 13.1. The molecule has 0 bridgehead atoms. The van der Waals surface area contributed by atoms with Gasteiger partial charge in [0.15, 0.2) is 11.6 Å². The molecule has 0 spiro atoms. The van der Waals surface area contributed by atoms with E-state index < -0.39 is 0 Å². The minimum Gasteiger partial charge on any atom is -0.490 e. The summed E-state index contributed by atoms with van der Waals surface area (Å²) in [5.74, 6) is 0.979. The molecule has 1 saturated carbocycles. The minimum absolute atomic E-state index is 0.325. The summed E-state index contributed by atoms with van der Waals surface area (Å²) in [5, 5.41) is 0. The Hall–Kier alpha value is -1.05. The van der Waals surface area contributed by atoms with Gasteiger partial charge in [-0.25, -0.2) is 4.39 Å². The average molecular weight is 235 g/mol. The molecule has 1 aromatic rings. The summed E-state index contributed by atoms with van der Waals surface area (Å²) in [7, 11) is 0. The lowest BCUT2D eigenvalue weighted by molar-refractivity contribution is 0.289. The highest BCUT2D eigenvalue weighted by Gasteiger charge is 2.19. The Kier molecular flexibility index (Phi) is 4.84. The third-order valence-corrected chi connectivity index (χ3v) is 3.23. The third kappa shape index (κ3) is 4.76. The van der Waals surface area contributed by atoms with E-state index in [4.69, 9.17) is 4.74 Å². The van der Waals surface area contributed by atoms with Crippen molar-refractivity contribution >= 4 is 0 Å². The van der Waals surface area contributed by atoms with Crippen LogP contribution in [0.15, 0.2) is 18.2 Å². The van der Waals surface area contributed by atoms with E-state index in [9.17, 15) is 4.39 Å². The first-order valence-corrected chi connectivity index (χ1v) is 6.65. The van der Waals surface area contributed by atoms with Gasteiger partial charge < -0.3 is 4.74 Å². The highest BCUT2D eigenvalue weighted by Crippen LogP contribution is 2.34. The van der Waals surface area contributed by atoms with Gasteiger partial charge in [-0.05, 0) is 18.4 Å². The van der Waals surface area contributed by atoms with Crippen LogP contribution in [0.1, 0.15) is 44.9 Å². The molecule has 0 heterocycles. The second-order valence-corrected chi connectivity index (χ2v) is 4.84. The van der Waals surface area contributed by atoms with Gasteiger partial charge in [-0.3, -0.25) is 0 Å². The second-order valence-electron chi connectivity index (χ2n) is 4.84. The molecule has 1 nitrogen and oxygen atoms in total. The summed E-state index contributed by atoms with van der Waals surface area (Å²) >= 11 is 0. The molecule has 1 radical (unpaired) electrons. The topological polar surface area (TPSA) is 9.23 Å². The van der Waals surface area contributed by atoms with E-state index >= 15 is 0 Å². The summed E-state index contributed by atoms with van der Waals surface area (Å²) in [4.78, 5) is 0. The van der Waals surface area contributed by atoms with Gasteiger partial charge in [0, 0.05) is 6.07 Å². The Morgan fingerprint density at radius 1 is 1.24 bits per heavy atom. The number of ether oxygens (including phenoxy) is 1. The lowest BCUT2D eigenvalue weighted by Gasteiger charge is -2.06. The summed E-state index contributed by atoms with van der Waals surface area (Å²) in [6.45, 7) is 0.609. The number of benzene rings is 1. The van der Waals surface area contributed by atoms with Crippen LogP contribution in [0.5, 0.6) is 5.75 Å². The SMILES string of the molecule is Fc1[c]cccc1OCCCCCCC1CC1. The van der Waals surface area contributed by atoms with E-state index in [1.165, 1.54) is 38.5 Å². The third-order valence-electron chi connectivity index (χ3n) is 3.23. The molecule has 1 fully saturated rings. The molecule has 0 unspecified atom stereocenters. The van der Waals surface area contributed by atoms with Gasteiger partial charge in [0.25, 0.3) is 0 Å². The molecular weight excluding hydrogens is 215 g/mol. The lowest BCUT2D eigenvalue weighted by atomic mass is 10.1. The molecule has 0 aromatic heterocycles. The van der Waals surface area contributed by atoms with E-state index in [0.717, 1.165) is 12.3 Å².